The first-order valence-corrected chi connectivity index (χ1v) is 11.3. The predicted octanol–water partition coefficient (Wildman–Crippen LogP) is 4.38. The number of thiophene rings is 1. The van der Waals surface area contributed by atoms with E-state index in [4.69, 9.17) is 17.4 Å². The van der Waals surface area contributed by atoms with E-state index in [1.165, 1.54) is 15.9 Å². The maximum Gasteiger partial charge on any atom is 0.272 e. The van der Waals surface area contributed by atoms with Gasteiger partial charge < -0.3 is 5.32 Å². The van der Waals surface area contributed by atoms with Crippen molar-refractivity contribution in [2.45, 2.75) is 13.3 Å². The molecule has 0 spiro atoms. The van der Waals surface area contributed by atoms with E-state index in [0.29, 0.717) is 33.0 Å². The standard InChI is InChI=1S/C19H19ClIN5O3S/c1-10-9-30-16-14(10)18(27)25(2)17(24-13-5-4-11(21)8-12(13)20)15(16)19(28)26(22)7-3-6-23-29/h4-5,8-9,24H,3,6-7,22H2,1-2H3. The minimum absolute atomic E-state index is 0.0607. The van der Waals surface area contributed by atoms with Gasteiger partial charge in [0, 0.05) is 17.2 Å². The summed E-state index contributed by atoms with van der Waals surface area (Å²) in [7, 11) is 1.59. The monoisotopic (exact) mass is 559 g/mol. The molecule has 0 aliphatic heterocycles. The number of amides is 1. The van der Waals surface area contributed by atoms with Crippen LogP contribution in [-0.4, -0.2) is 28.6 Å². The number of carbonyl (C=O) groups is 1. The number of fused-ring (bicyclic) bond motifs is 1. The minimum atomic E-state index is -0.465. The van der Waals surface area contributed by atoms with Crippen LogP contribution in [0.1, 0.15) is 22.3 Å². The second kappa shape index (κ2) is 9.41. The third-order valence-corrected chi connectivity index (χ3v) is 6.70. The Morgan fingerprint density at radius 2 is 2.17 bits per heavy atom. The number of hydrogen-bond donors (Lipinski definition) is 2. The number of hydrogen-bond acceptors (Lipinski definition) is 7. The van der Waals surface area contributed by atoms with E-state index in [1.54, 1.807) is 19.2 Å². The molecule has 30 heavy (non-hydrogen) atoms. The highest BCUT2D eigenvalue weighted by Gasteiger charge is 2.26. The van der Waals surface area contributed by atoms with Crippen LogP contribution in [0.3, 0.4) is 0 Å². The van der Waals surface area contributed by atoms with Gasteiger partial charge in [0.25, 0.3) is 11.5 Å². The Bertz CT molecular complexity index is 1190. The molecule has 11 heteroatoms. The van der Waals surface area contributed by atoms with Crippen LogP contribution < -0.4 is 16.7 Å². The van der Waals surface area contributed by atoms with Crippen LogP contribution in [0.5, 0.6) is 0 Å². The molecule has 1 amide bonds. The molecule has 0 saturated heterocycles. The van der Waals surface area contributed by atoms with Gasteiger partial charge >= 0.3 is 0 Å². The summed E-state index contributed by atoms with van der Waals surface area (Å²) in [6, 6.07) is 5.42. The molecule has 0 unspecified atom stereocenters. The number of nitroso groups, excluding NO2 is 1. The maximum atomic E-state index is 13.3. The zero-order valence-corrected chi connectivity index (χ0v) is 20.0. The summed E-state index contributed by atoms with van der Waals surface area (Å²) in [6.45, 7) is 2.04. The maximum absolute atomic E-state index is 13.3. The lowest BCUT2D eigenvalue weighted by atomic mass is 10.1. The van der Waals surface area contributed by atoms with Gasteiger partial charge in [0.05, 0.1) is 32.9 Å². The SMILES string of the molecule is Cc1csc2c(C(=O)N(N)CCCN=O)c(Nc3ccc(I)cc3Cl)n(C)c(=O)c12. The van der Waals surface area contributed by atoms with Crippen LogP contribution in [-0.2, 0) is 7.05 Å². The van der Waals surface area contributed by atoms with E-state index in [0.717, 1.165) is 14.1 Å². The van der Waals surface area contributed by atoms with Gasteiger partial charge in [0.15, 0.2) is 0 Å². The number of hydrazine groups is 1. The average molecular weight is 560 g/mol. The zero-order chi connectivity index (χ0) is 22.0. The number of pyridine rings is 1. The molecule has 3 aromatic rings. The molecule has 0 radical (unpaired) electrons. The topological polar surface area (TPSA) is 110 Å². The summed E-state index contributed by atoms with van der Waals surface area (Å²) in [5, 5.41) is 9.75. The van der Waals surface area contributed by atoms with Crippen molar-refractivity contribution in [2.24, 2.45) is 18.1 Å². The number of nitrogens with one attached hydrogen (secondary N) is 1. The summed E-state index contributed by atoms with van der Waals surface area (Å²) in [4.78, 5) is 36.6. The molecular weight excluding hydrogens is 541 g/mol. The van der Waals surface area contributed by atoms with Gasteiger partial charge in [0.1, 0.15) is 5.82 Å². The van der Waals surface area contributed by atoms with E-state index in [2.05, 4.69) is 33.1 Å². The fourth-order valence-electron chi connectivity index (χ4n) is 3.05. The molecule has 0 aliphatic rings. The number of rotatable bonds is 7. The summed E-state index contributed by atoms with van der Waals surface area (Å²) < 4.78 is 2.90. The summed E-state index contributed by atoms with van der Waals surface area (Å²) in [5.74, 6) is 5.82. The minimum Gasteiger partial charge on any atom is -0.340 e. The number of aryl methyl sites for hydroxylation is 1. The molecular formula is C19H19ClIN5O3S. The number of benzene rings is 1. The van der Waals surface area contributed by atoms with Gasteiger partial charge in [-0.25, -0.2) is 5.84 Å². The van der Waals surface area contributed by atoms with Crippen molar-refractivity contribution in [1.29, 1.82) is 0 Å². The Hall–Kier alpha value is -2.02. The van der Waals surface area contributed by atoms with Gasteiger partial charge in [-0.3, -0.25) is 19.2 Å². The number of nitrogens with two attached hydrogens (primary N) is 1. The van der Waals surface area contributed by atoms with Crippen molar-refractivity contribution in [3.05, 3.63) is 58.6 Å². The average Bonchev–Trinajstić information content (AvgIpc) is 3.09. The summed E-state index contributed by atoms with van der Waals surface area (Å²) in [5.41, 5.74) is 1.40. The molecule has 0 fully saturated rings. The van der Waals surface area contributed by atoms with E-state index < -0.39 is 5.91 Å². The molecule has 3 rings (SSSR count). The highest BCUT2D eigenvalue weighted by atomic mass is 127. The second-order valence-electron chi connectivity index (χ2n) is 6.66. The van der Waals surface area contributed by atoms with E-state index in [-0.39, 0.29) is 24.2 Å². The fraction of sp³-hybridized carbons (Fsp3) is 0.263. The lowest BCUT2D eigenvalue weighted by Crippen LogP contribution is -2.39. The van der Waals surface area contributed by atoms with Crippen LogP contribution in [0.15, 0.2) is 33.6 Å². The quantitative estimate of drug-likeness (QED) is 0.111. The molecule has 0 aliphatic carbocycles. The molecule has 0 bridgehead atoms. The number of carbonyl (C=O) groups excluding carboxylic acids is 1. The number of anilines is 2. The molecule has 3 N–H and O–H groups in total. The third kappa shape index (κ3) is 4.36. The van der Waals surface area contributed by atoms with Gasteiger partial charge in [-0.1, -0.05) is 16.8 Å². The van der Waals surface area contributed by atoms with Crippen LogP contribution >= 0.6 is 45.5 Å². The lowest BCUT2D eigenvalue weighted by Gasteiger charge is -2.21. The Labute approximate surface area is 195 Å². The molecule has 0 saturated carbocycles. The van der Waals surface area contributed by atoms with Gasteiger partial charge in [-0.15, -0.1) is 11.3 Å². The Morgan fingerprint density at radius 1 is 1.43 bits per heavy atom. The first kappa shape index (κ1) is 22.7. The molecule has 2 aromatic heterocycles. The van der Waals surface area contributed by atoms with Crippen LogP contribution in [0, 0.1) is 15.4 Å². The highest BCUT2D eigenvalue weighted by molar-refractivity contribution is 14.1. The third-order valence-electron chi connectivity index (χ3n) is 4.60. The van der Waals surface area contributed by atoms with Crippen LogP contribution in [0.4, 0.5) is 11.5 Å². The van der Waals surface area contributed by atoms with Crippen molar-refractivity contribution < 1.29 is 4.79 Å². The van der Waals surface area contributed by atoms with Gasteiger partial charge in [0.2, 0.25) is 0 Å². The second-order valence-corrected chi connectivity index (χ2v) is 9.20. The predicted molar refractivity (Wildman–Crippen MR) is 130 cm³/mol. The van der Waals surface area contributed by atoms with Crippen LogP contribution in [0.25, 0.3) is 10.1 Å². The van der Waals surface area contributed by atoms with Crippen molar-refractivity contribution in [3.63, 3.8) is 0 Å². The molecule has 1 aromatic carbocycles. The van der Waals surface area contributed by atoms with Crippen LogP contribution in [0.2, 0.25) is 5.02 Å². The summed E-state index contributed by atoms with van der Waals surface area (Å²) in [6.07, 6.45) is 0.343. The van der Waals surface area contributed by atoms with Crippen molar-refractivity contribution in [2.75, 3.05) is 18.4 Å². The van der Waals surface area contributed by atoms with Crippen molar-refractivity contribution in [1.82, 2.24) is 9.58 Å². The molecule has 2 heterocycles. The fourth-order valence-corrected chi connectivity index (χ4v) is 5.04. The molecule has 8 nitrogen and oxygen atoms in total. The van der Waals surface area contributed by atoms with E-state index >= 15 is 0 Å². The lowest BCUT2D eigenvalue weighted by molar-refractivity contribution is 0.0757. The first-order chi connectivity index (χ1) is 14.3. The highest BCUT2D eigenvalue weighted by Crippen LogP contribution is 2.34. The van der Waals surface area contributed by atoms with Gasteiger partial charge in [-0.2, -0.15) is 4.91 Å². The Kier molecular flexibility index (Phi) is 7.11. The van der Waals surface area contributed by atoms with E-state index in [1.807, 2.05) is 18.4 Å². The van der Waals surface area contributed by atoms with Crippen molar-refractivity contribution >= 4 is 73.0 Å². The Morgan fingerprint density at radius 3 is 2.83 bits per heavy atom. The summed E-state index contributed by atoms with van der Waals surface area (Å²) >= 11 is 9.82. The van der Waals surface area contributed by atoms with Crippen molar-refractivity contribution in [3.8, 4) is 0 Å². The number of halogens is 2. The van der Waals surface area contributed by atoms with Gasteiger partial charge in [-0.05, 0) is 65.1 Å². The smallest absolute Gasteiger partial charge is 0.272 e. The largest absolute Gasteiger partial charge is 0.340 e. The number of aromatic nitrogens is 1. The molecule has 158 valence electrons. The number of nitrogens with zero attached hydrogens (tertiary/aromatic N) is 3. The first-order valence-electron chi connectivity index (χ1n) is 8.94. The Balaban J connectivity index is 2.18. The normalized spacial score (nSPS) is 11.0. The molecule has 0 atom stereocenters. The van der Waals surface area contributed by atoms with E-state index in [9.17, 15) is 14.5 Å². The zero-order valence-electron chi connectivity index (χ0n) is 16.2.